The summed E-state index contributed by atoms with van der Waals surface area (Å²) in [5.74, 6) is 0.906. The second-order valence-corrected chi connectivity index (χ2v) is 7.90. The summed E-state index contributed by atoms with van der Waals surface area (Å²) in [6.07, 6.45) is 9.51. The summed E-state index contributed by atoms with van der Waals surface area (Å²) in [5.41, 5.74) is 1.14. The maximum Gasteiger partial charge on any atom is 0.175 e. The van der Waals surface area contributed by atoms with Gasteiger partial charge in [-0.15, -0.1) is 0 Å². The lowest BCUT2D eigenvalue weighted by molar-refractivity contribution is 0.334. The van der Waals surface area contributed by atoms with E-state index >= 15 is 0 Å². The quantitative estimate of drug-likeness (QED) is 0.820. The van der Waals surface area contributed by atoms with E-state index in [9.17, 15) is 8.42 Å². The van der Waals surface area contributed by atoms with E-state index in [2.05, 4.69) is 5.32 Å². The number of hydrogen-bond acceptors (Lipinski definition) is 3. The fourth-order valence-electron chi connectivity index (χ4n) is 2.87. The SMILES string of the molecule is CS(=O)(=O)c1ccc(CNCCC2CCCCC2)cc1. The molecule has 0 amide bonds. The Morgan fingerprint density at radius 2 is 1.75 bits per heavy atom. The van der Waals surface area contributed by atoms with E-state index in [0.717, 1.165) is 24.6 Å². The largest absolute Gasteiger partial charge is 0.313 e. The first-order chi connectivity index (χ1) is 9.55. The monoisotopic (exact) mass is 295 g/mol. The molecular formula is C16H25NO2S. The van der Waals surface area contributed by atoms with Gasteiger partial charge in [0.05, 0.1) is 4.90 Å². The number of nitrogens with one attached hydrogen (secondary N) is 1. The van der Waals surface area contributed by atoms with E-state index in [1.54, 1.807) is 12.1 Å². The molecule has 0 aliphatic heterocycles. The smallest absolute Gasteiger partial charge is 0.175 e. The van der Waals surface area contributed by atoms with Gasteiger partial charge in [-0.2, -0.15) is 0 Å². The highest BCUT2D eigenvalue weighted by atomic mass is 32.2. The van der Waals surface area contributed by atoms with Crippen LogP contribution in [0.3, 0.4) is 0 Å². The van der Waals surface area contributed by atoms with Crippen LogP contribution >= 0.6 is 0 Å². The molecule has 4 heteroatoms. The molecule has 1 fully saturated rings. The molecule has 20 heavy (non-hydrogen) atoms. The van der Waals surface area contributed by atoms with Gasteiger partial charge in [-0.3, -0.25) is 0 Å². The number of benzene rings is 1. The molecule has 0 atom stereocenters. The highest BCUT2D eigenvalue weighted by molar-refractivity contribution is 7.90. The fourth-order valence-corrected chi connectivity index (χ4v) is 3.50. The van der Waals surface area contributed by atoms with Crippen LogP contribution < -0.4 is 5.32 Å². The van der Waals surface area contributed by atoms with E-state index in [4.69, 9.17) is 0 Å². The van der Waals surface area contributed by atoms with E-state index in [0.29, 0.717) is 4.90 Å². The summed E-state index contributed by atoms with van der Waals surface area (Å²) in [6.45, 7) is 1.87. The van der Waals surface area contributed by atoms with Crippen molar-refractivity contribution in [3.05, 3.63) is 29.8 Å². The summed E-state index contributed by atoms with van der Waals surface area (Å²) in [6, 6.07) is 7.16. The zero-order valence-electron chi connectivity index (χ0n) is 12.3. The average molecular weight is 295 g/mol. The standard InChI is InChI=1S/C16H25NO2S/c1-20(18,19)16-9-7-15(8-10-16)13-17-12-11-14-5-3-2-4-6-14/h7-10,14,17H,2-6,11-13H2,1H3. The van der Waals surface area contributed by atoms with Gasteiger partial charge in [0.15, 0.2) is 9.84 Å². The molecule has 1 aromatic rings. The molecule has 0 saturated heterocycles. The molecule has 0 radical (unpaired) electrons. The van der Waals surface area contributed by atoms with Crippen LogP contribution in [0.5, 0.6) is 0 Å². The molecule has 1 aliphatic rings. The first-order valence-corrected chi connectivity index (χ1v) is 9.44. The molecule has 0 unspecified atom stereocenters. The number of hydrogen-bond donors (Lipinski definition) is 1. The van der Waals surface area contributed by atoms with Crippen molar-refractivity contribution in [2.75, 3.05) is 12.8 Å². The minimum Gasteiger partial charge on any atom is -0.313 e. The van der Waals surface area contributed by atoms with Crippen molar-refractivity contribution in [2.45, 2.75) is 50.0 Å². The summed E-state index contributed by atoms with van der Waals surface area (Å²) in [7, 11) is -3.08. The minimum atomic E-state index is -3.08. The van der Waals surface area contributed by atoms with Gasteiger partial charge in [0.2, 0.25) is 0 Å². The molecule has 0 bridgehead atoms. The molecule has 1 aliphatic carbocycles. The molecule has 0 heterocycles. The predicted molar refractivity (Wildman–Crippen MR) is 82.5 cm³/mol. The summed E-state index contributed by atoms with van der Waals surface area (Å²) in [4.78, 5) is 0.392. The minimum absolute atomic E-state index is 0.392. The Labute approximate surface area is 122 Å². The van der Waals surface area contributed by atoms with Crippen LogP contribution in [-0.2, 0) is 16.4 Å². The summed E-state index contributed by atoms with van der Waals surface area (Å²) in [5, 5.41) is 3.46. The van der Waals surface area contributed by atoms with Crippen molar-refractivity contribution in [1.29, 1.82) is 0 Å². The Bertz CT molecular complexity index is 502. The predicted octanol–water partition coefficient (Wildman–Crippen LogP) is 3.15. The van der Waals surface area contributed by atoms with Gasteiger partial charge in [0.25, 0.3) is 0 Å². The lowest BCUT2D eigenvalue weighted by atomic mass is 9.87. The Balaban J connectivity index is 1.71. The Morgan fingerprint density at radius 1 is 1.10 bits per heavy atom. The van der Waals surface area contributed by atoms with E-state index < -0.39 is 9.84 Å². The molecule has 3 nitrogen and oxygen atoms in total. The lowest BCUT2D eigenvalue weighted by Gasteiger charge is -2.21. The molecule has 1 N–H and O–H groups in total. The van der Waals surface area contributed by atoms with Gasteiger partial charge in [-0.25, -0.2) is 8.42 Å². The van der Waals surface area contributed by atoms with Gasteiger partial charge in [-0.05, 0) is 36.6 Å². The van der Waals surface area contributed by atoms with Gasteiger partial charge < -0.3 is 5.32 Å². The second-order valence-electron chi connectivity index (χ2n) is 5.89. The maximum absolute atomic E-state index is 11.4. The normalized spacial score (nSPS) is 17.2. The second kappa shape index (κ2) is 7.23. The van der Waals surface area contributed by atoms with Gasteiger partial charge in [0.1, 0.15) is 0 Å². The van der Waals surface area contributed by atoms with E-state index in [-0.39, 0.29) is 0 Å². The van der Waals surface area contributed by atoms with Crippen LogP contribution in [0.2, 0.25) is 0 Å². The lowest BCUT2D eigenvalue weighted by Crippen LogP contribution is -2.19. The van der Waals surface area contributed by atoms with Crippen molar-refractivity contribution >= 4 is 9.84 Å². The van der Waals surface area contributed by atoms with Gasteiger partial charge in [-0.1, -0.05) is 44.2 Å². The van der Waals surface area contributed by atoms with Crippen molar-refractivity contribution in [2.24, 2.45) is 5.92 Å². The van der Waals surface area contributed by atoms with Gasteiger partial charge >= 0.3 is 0 Å². The topological polar surface area (TPSA) is 46.2 Å². The highest BCUT2D eigenvalue weighted by Crippen LogP contribution is 2.25. The van der Waals surface area contributed by atoms with E-state index in [1.165, 1.54) is 44.8 Å². The van der Waals surface area contributed by atoms with Crippen LogP contribution in [-0.4, -0.2) is 21.2 Å². The first kappa shape index (κ1) is 15.5. The van der Waals surface area contributed by atoms with Crippen LogP contribution in [0.4, 0.5) is 0 Å². The van der Waals surface area contributed by atoms with Crippen LogP contribution in [0.1, 0.15) is 44.1 Å². The third-order valence-corrected chi connectivity index (χ3v) is 5.26. The Kier molecular flexibility index (Phi) is 5.61. The molecule has 112 valence electrons. The van der Waals surface area contributed by atoms with Crippen molar-refractivity contribution in [3.8, 4) is 0 Å². The van der Waals surface area contributed by atoms with Crippen molar-refractivity contribution < 1.29 is 8.42 Å². The van der Waals surface area contributed by atoms with E-state index in [1.807, 2.05) is 12.1 Å². The molecule has 1 saturated carbocycles. The third-order valence-electron chi connectivity index (χ3n) is 4.13. The molecule has 0 aromatic heterocycles. The zero-order chi connectivity index (χ0) is 14.4. The third kappa shape index (κ3) is 4.91. The Hall–Kier alpha value is -0.870. The average Bonchev–Trinajstić information content (AvgIpc) is 2.44. The molecule has 0 spiro atoms. The van der Waals surface area contributed by atoms with Crippen LogP contribution in [0.15, 0.2) is 29.2 Å². The van der Waals surface area contributed by atoms with Crippen molar-refractivity contribution in [1.82, 2.24) is 5.32 Å². The maximum atomic E-state index is 11.4. The number of rotatable bonds is 6. The fraction of sp³-hybridized carbons (Fsp3) is 0.625. The highest BCUT2D eigenvalue weighted by Gasteiger charge is 2.12. The van der Waals surface area contributed by atoms with Crippen LogP contribution in [0, 0.1) is 5.92 Å². The van der Waals surface area contributed by atoms with Crippen LogP contribution in [0.25, 0.3) is 0 Å². The molecular weight excluding hydrogens is 270 g/mol. The number of sulfone groups is 1. The summed E-state index contributed by atoms with van der Waals surface area (Å²) < 4.78 is 22.7. The van der Waals surface area contributed by atoms with Gasteiger partial charge in [0, 0.05) is 12.8 Å². The molecule has 1 aromatic carbocycles. The Morgan fingerprint density at radius 3 is 2.35 bits per heavy atom. The molecule has 2 rings (SSSR count). The summed E-state index contributed by atoms with van der Waals surface area (Å²) >= 11 is 0. The zero-order valence-corrected chi connectivity index (χ0v) is 13.1. The first-order valence-electron chi connectivity index (χ1n) is 7.55. The van der Waals surface area contributed by atoms with Crippen molar-refractivity contribution in [3.63, 3.8) is 0 Å².